The van der Waals surface area contributed by atoms with Crippen molar-refractivity contribution in [3.63, 3.8) is 0 Å². The lowest BCUT2D eigenvalue weighted by atomic mass is 9.70. The first-order valence-corrected chi connectivity index (χ1v) is 19.8. The molecule has 1 spiro atoms. The van der Waals surface area contributed by atoms with Crippen LogP contribution < -0.4 is 14.4 Å². The van der Waals surface area contributed by atoms with E-state index in [9.17, 15) is 0 Å². The molecule has 3 heteroatoms. The fraction of sp³-hybridized carbons (Fsp3) is 0.0182. The lowest BCUT2D eigenvalue weighted by molar-refractivity contribution is 0.359. The van der Waals surface area contributed by atoms with Crippen molar-refractivity contribution in [1.82, 2.24) is 0 Å². The minimum Gasteiger partial charge on any atom is -0.450 e. The molecular weight excluding hydrogens is 707 g/mol. The largest absolute Gasteiger partial charge is 0.450 e. The van der Waals surface area contributed by atoms with Crippen LogP contribution in [-0.4, -0.2) is 0 Å². The smallest absolute Gasteiger partial charge is 0.170 e. The third-order valence-corrected chi connectivity index (χ3v) is 12.1. The molecule has 58 heavy (non-hydrogen) atoms. The maximum absolute atomic E-state index is 6.61. The number of ether oxygens (including phenoxy) is 2. The molecule has 3 aliphatic rings. The molecule has 0 fully saturated rings. The summed E-state index contributed by atoms with van der Waals surface area (Å²) in [4.78, 5) is 2.39. The van der Waals surface area contributed by atoms with Crippen LogP contribution in [0.25, 0.3) is 44.5 Å². The summed E-state index contributed by atoms with van der Waals surface area (Å²) < 4.78 is 13.1. The van der Waals surface area contributed by atoms with Gasteiger partial charge in [-0.2, -0.15) is 0 Å². The summed E-state index contributed by atoms with van der Waals surface area (Å²) in [5.74, 6) is 2.91. The lowest BCUT2D eigenvalue weighted by Gasteiger charge is -2.33. The first-order chi connectivity index (χ1) is 28.7. The average molecular weight is 742 g/mol. The van der Waals surface area contributed by atoms with Gasteiger partial charge in [-0.1, -0.05) is 152 Å². The van der Waals surface area contributed by atoms with Gasteiger partial charge in [0, 0.05) is 17.1 Å². The Bertz CT molecular complexity index is 2960. The van der Waals surface area contributed by atoms with Crippen molar-refractivity contribution in [2.45, 2.75) is 5.41 Å². The van der Waals surface area contributed by atoms with Crippen LogP contribution in [0, 0.1) is 0 Å². The van der Waals surface area contributed by atoms with E-state index in [0.29, 0.717) is 0 Å². The van der Waals surface area contributed by atoms with Crippen molar-refractivity contribution in [1.29, 1.82) is 0 Å². The average Bonchev–Trinajstić information content (AvgIpc) is 3.75. The summed E-state index contributed by atoms with van der Waals surface area (Å²) in [6, 6.07) is 76.2. The van der Waals surface area contributed by atoms with E-state index in [-0.39, 0.29) is 0 Å². The van der Waals surface area contributed by atoms with Gasteiger partial charge in [0.15, 0.2) is 23.0 Å². The van der Waals surface area contributed by atoms with Gasteiger partial charge in [-0.3, -0.25) is 0 Å². The molecule has 0 N–H and O–H groups in total. The van der Waals surface area contributed by atoms with Crippen LogP contribution in [0.15, 0.2) is 212 Å². The summed E-state index contributed by atoms with van der Waals surface area (Å²) >= 11 is 0. The molecule has 0 saturated carbocycles. The summed E-state index contributed by atoms with van der Waals surface area (Å²) in [6.07, 6.45) is 0. The normalized spacial score (nSPS) is 14.9. The second kappa shape index (κ2) is 12.7. The fourth-order valence-electron chi connectivity index (χ4n) is 9.60. The van der Waals surface area contributed by atoms with Crippen molar-refractivity contribution in [2.75, 3.05) is 4.90 Å². The predicted octanol–water partition coefficient (Wildman–Crippen LogP) is 14.7. The molecule has 0 radical (unpaired) electrons. The van der Waals surface area contributed by atoms with E-state index in [1.165, 1.54) is 61.2 Å². The standard InChI is InChI=1S/C55H35NO2/c1-3-13-36(14-4-1)38-23-27-40(28-24-38)56(41-29-25-39(26-30-41)37-15-5-2-6-16-37)42-31-32-45-43-17-7-9-19-47(43)55(49(45)33-42)48-20-10-8-18-44(48)46-34-53-54(35-50(46)55)58-52-22-12-11-21-51(52)57-53/h1-35H. The number of para-hydroxylation sites is 2. The first kappa shape index (κ1) is 32.6. The number of benzene rings is 9. The number of fused-ring (bicyclic) bond motifs is 12. The van der Waals surface area contributed by atoms with Gasteiger partial charge in [0.1, 0.15) is 0 Å². The Labute approximate surface area is 337 Å². The minimum atomic E-state index is -0.580. The molecular formula is C55H35NO2. The van der Waals surface area contributed by atoms with Gasteiger partial charge in [-0.05, 0) is 127 Å². The summed E-state index contributed by atoms with van der Waals surface area (Å²) in [5.41, 5.74) is 17.3. The van der Waals surface area contributed by atoms with Crippen LogP contribution in [0.5, 0.6) is 23.0 Å². The Morgan fingerprint density at radius 1 is 0.276 bits per heavy atom. The van der Waals surface area contributed by atoms with Crippen molar-refractivity contribution < 1.29 is 9.47 Å². The molecule has 1 unspecified atom stereocenters. The van der Waals surface area contributed by atoms with Crippen molar-refractivity contribution in [2.24, 2.45) is 0 Å². The number of hydrogen-bond donors (Lipinski definition) is 0. The van der Waals surface area contributed by atoms with Crippen LogP contribution in [-0.2, 0) is 5.41 Å². The molecule has 2 aliphatic carbocycles. The zero-order chi connectivity index (χ0) is 38.2. The van der Waals surface area contributed by atoms with E-state index >= 15 is 0 Å². The maximum atomic E-state index is 6.61. The predicted molar refractivity (Wildman–Crippen MR) is 235 cm³/mol. The third kappa shape index (κ3) is 4.80. The molecule has 272 valence electrons. The second-order valence-corrected chi connectivity index (χ2v) is 15.2. The SMILES string of the molecule is c1ccc(-c2ccc(N(c3ccc(-c4ccccc4)cc3)c3ccc4c(c3)C3(c5ccccc5-4)c4ccccc4-c4cc5c(cc43)Oc3ccccc3O5)cc2)cc1. The maximum Gasteiger partial charge on any atom is 0.170 e. The van der Waals surface area contributed by atoms with E-state index in [4.69, 9.17) is 9.47 Å². The van der Waals surface area contributed by atoms with Gasteiger partial charge in [-0.25, -0.2) is 0 Å². The topological polar surface area (TPSA) is 21.7 Å². The van der Waals surface area contributed by atoms with Crippen LogP contribution in [0.1, 0.15) is 22.3 Å². The van der Waals surface area contributed by atoms with E-state index in [0.717, 1.165) is 45.6 Å². The fourth-order valence-corrected chi connectivity index (χ4v) is 9.60. The van der Waals surface area contributed by atoms with Gasteiger partial charge in [0.2, 0.25) is 0 Å². The van der Waals surface area contributed by atoms with Gasteiger partial charge in [0.25, 0.3) is 0 Å². The van der Waals surface area contributed by atoms with E-state index in [1.807, 2.05) is 24.3 Å². The summed E-state index contributed by atoms with van der Waals surface area (Å²) in [6.45, 7) is 0. The highest BCUT2D eigenvalue weighted by Gasteiger charge is 2.52. The Morgan fingerprint density at radius 2 is 0.690 bits per heavy atom. The molecule has 0 amide bonds. The van der Waals surface area contributed by atoms with E-state index in [2.05, 4.69) is 193 Å². The van der Waals surface area contributed by atoms with Gasteiger partial charge < -0.3 is 14.4 Å². The molecule has 0 bridgehead atoms. The third-order valence-electron chi connectivity index (χ3n) is 12.1. The molecule has 0 aromatic heterocycles. The number of rotatable bonds is 5. The number of nitrogens with zero attached hydrogens (tertiary/aromatic N) is 1. The molecule has 12 rings (SSSR count). The van der Waals surface area contributed by atoms with Crippen molar-refractivity contribution in [3.05, 3.63) is 235 Å². The van der Waals surface area contributed by atoms with Crippen LogP contribution in [0.3, 0.4) is 0 Å². The van der Waals surface area contributed by atoms with E-state index < -0.39 is 5.41 Å². The molecule has 9 aromatic rings. The Balaban J connectivity index is 1.07. The molecule has 9 aromatic carbocycles. The highest BCUT2D eigenvalue weighted by atomic mass is 16.6. The van der Waals surface area contributed by atoms with Crippen molar-refractivity contribution in [3.8, 4) is 67.5 Å². The highest BCUT2D eigenvalue weighted by molar-refractivity contribution is 5.97. The lowest BCUT2D eigenvalue weighted by Crippen LogP contribution is -2.26. The quantitative estimate of drug-likeness (QED) is 0.175. The zero-order valence-electron chi connectivity index (χ0n) is 31.5. The Hall–Kier alpha value is -7.62. The number of anilines is 3. The first-order valence-electron chi connectivity index (χ1n) is 19.8. The van der Waals surface area contributed by atoms with E-state index in [1.54, 1.807) is 0 Å². The highest BCUT2D eigenvalue weighted by Crippen LogP contribution is 2.65. The zero-order valence-corrected chi connectivity index (χ0v) is 31.5. The second-order valence-electron chi connectivity index (χ2n) is 15.2. The monoisotopic (exact) mass is 741 g/mol. The van der Waals surface area contributed by atoms with Gasteiger partial charge in [-0.15, -0.1) is 0 Å². The van der Waals surface area contributed by atoms with Crippen LogP contribution >= 0.6 is 0 Å². The molecule has 3 nitrogen and oxygen atoms in total. The van der Waals surface area contributed by atoms with Gasteiger partial charge >= 0.3 is 0 Å². The van der Waals surface area contributed by atoms with Gasteiger partial charge in [0.05, 0.1) is 5.41 Å². The molecule has 1 heterocycles. The molecule has 0 saturated heterocycles. The molecule has 1 atom stereocenters. The van der Waals surface area contributed by atoms with Crippen LogP contribution in [0.4, 0.5) is 17.1 Å². The summed E-state index contributed by atoms with van der Waals surface area (Å²) in [7, 11) is 0. The van der Waals surface area contributed by atoms with Crippen molar-refractivity contribution >= 4 is 17.1 Å². The Kier molecular flexibility index (Phi) is 7.14. The van der Waals surface area contributed by atoms with Crippen LogP contribution in [0.2, 0.25) is 0 Å². The Morgan fingerprint density at radius 3 is 1.26 bits per heavy atom. The molecule has 1 aliphatic heterocycles. The summed E-state index contributed by atoms with van der Waals surface area (Å²) in [5, 5.41) is 0. The number of hydrogen-bond acceptors (Lipinski definition) is 3. The minimum absolute atomic E-state index is 0.580.